The number of fused-ring (bicyclic) bond motifs is 1. The molecule has 0 saturated heterocycles. The molecule has 0 aromatic rings. The van der Waals surface area contributed by atoms with Crippen molar-refractivity contribution in [3.8, 4) is 0 Å². The number of allylic oxidation sites excluding steroid dienone is 2. The van der Waals surface area contributed by atoms with Gasteiger partial charge in [0.15, 0.2) is 16.6 Å². The molecule has 2 nitrogen and oxygen atoms in total. The van der Waals surface area contributed by atoms with Gasteiger partial charge in [0.1, 0.15) is 0 Å². The first kappa shape index (κ1) is 23.6. The van der Waals surface area contributed by atoms with Crippen molar-refractivity contribution in [3.05, 3.63) is 11.6 Å². The quantitative estimate of drug-likeness (QED) is 0.309. The summed E-state index contributed by atoms with van der Waals surface area (Å²) in [7, 11) is -5.37. The van der Waals surface area contributed by atoms with Gasteiger partial charge in [0.2, 0.25) is 0 Å². The molecule has 2 aliphatic carbocycles. The molecule has 4 atom stereocenters. The highest BCUT2D eigenvalue weighted by atomic mass is 28.5. The van der Waals surface area contributed by atoms with Gasteiger partial charge in [0.05, 0.1) is 0 Å². The third kappa shape index (κ3) is 6.40. The molecule has 0 bridgehead atoms. The maximum absolute atomic E-state index is 6.79. The van der Waals surface area contributed by atoms with Crippen LogP contribution in [0.1, 0.15) is 52.9 Å². The first-order valence-corrected chi connectivity index (χ1v) is 20.6. The van der Waals surface area contributed by atoms with Gasteiger partial charge in [-0.3, -0.25) is 0 Å². The highest BCUT2D eigenvalue weighted by molar-refractivity contribution is 6.87. The van der Waals surface area contributed by atoms with Crippen LogP contribution in [0.5, 0.6) is 0 Å². The summed E-state index contributed by atoms with van der Waals surface area (Å²) in [5, 5.41) is 0. The SMILES string of the molecule is CC(C[Si](C)(O[Si](C)(C)C)O[Si](C)(C)C)C1CCC2=CCCC(C)C2(C)C1. The molecule has 0 aliphatic heterocycles. The molecule has 2 rings (SSSR count). The van der Waals surface area contributed by atoms with Crippen molar-refractivity contribution < 1.29 is 8.23 Å². The Labute approximate surface area is 173 Å². The lowest BCUT2D eigenvalue weighted by Crippen LogP contribution is -2.53. The van der Waals surface area contributed by atoms with Gasteiger partial charge in [-0.25, -0.2) is 0 Å². The van der Waals surface area contributed by atoms with Gasteiger partial charge in [-0.15, -0.1) is 0 Å². The van der Waals surface area contributed by atoms with Crippen LogP contribution in [-0.2, 0) is 8.23 Å². The minimum atomic E-state index is -2.14. The average molecular weight is 427 g/mol. The van der Waals surface area contributed by atoms with Crippen LogP contribution in [0, 0.1) is 23.2 Å². The Kier molecular flexibility index (Phi) is 7.17. The average Bonchev–Trinajstić information content (AvgIpc) is 2.43. The van der Waals surface area contributed by atoms with Crippen LogP contribution < -0.4 is 0 Å². The monoisotopic (exact) mass is 426 g/mol. The summed E-state index contributed by atoms with van der Waals surface area (Å²) in [4.78, 5) is 0. The molecule has 0 radical (unpaired) electrons. The van der Waals surface area contributed by atoms with E-state index < -0.39 is 25.2 Å². The summed E-state index contributed by atoms with van der Waals surface area (Å²) in [5.41, 5.74) is 2.20. The zero-order valence-corrected chi connectivity index (χ0v) is 22.9. The van der Waals surface area contributed by atoms with Gasteiger partial charge in [-0.1, -0.05) is 32.4 Å². The molecule has 0 spiro atoms. The van der Waals surface area contributed by atoms with Gasteiger partial charge in [-0.05, 0) is 107 Å². The van der Waals surface area contributed by atoms with Crippen LogP contribution in [0.2, 0.25) is 51.9 Å². The third-order valence-electron chi connectivity index (χ3n) is 6.82. The van der Waals surface area contributed by atoms with E-state index in [1.165, 1.54) is 32.1 Å². The number of hydrogen-bond donors (Lipinski definition) is 0. The highest BCUT2D eigenvalue weighted by Crippen LogP contribution is 2.54. The second-order valence-corrected chi connectivity index (χ2v) is 24.6. The minimum Gasteiger partial charge on any atom is -0.437 e. The molecule has 158 valence electrons. The Balaban J connectivity index is 2.14. The fraction of sp³-hybridized carbons (Fsp3) is 0.909. The summed E-state index contributed by atoms with van der Waals surface area (Å²) in [6, 6.07) is 1.16. The van der Waals surface area contributed by atoms with E-state index in [0.29, 0.717) is 11.3 Å². The molecule has 27 heavy (non-hydrogen) atoms. The van der Waals surface area contributed by atoms with E-state index >= 15 is 0 Å². The predicted molar refractivity (Wildman–Crippen MR) is 126 cm³/mol. The van der Waals surface area contributed by atoms with Crippen molar-refractivity contribution in [2.24, 2.45) is 23.2 Å². The van der Waals surface area contributed by atoms with Crippen LogP contribution in [0.25, 0.3) is 0 Å². The van der Waals surface area contributed by atoms with E-state index in [-0.39, 0.29) is 0 Å². The Morgan fingerprint density at radius 1 is 1.04 bits per heavy atom. The van der Waals surface area contributed by atoms with Crippen molar-refractivity contribution >= 4 is 25.2 Å². The zero-order valence-electron chi connectivity index (χ0n) is 19.9. The van der Waals surface area contributed by atoms with E-state index in [1.54, 1.807) is 5.57 Å². The zero-order chi connectivity index (χ0) is 20.7. The third-order valence-corrected chi connectivity index (χ3v) is 16.6. The van der Waals surface area contributed by atoms with Crippen molar-refractivity contribution in [2.75, 3.05) is 0 Å². The number of rotatable bonds is 7. The second-order valence-electron chi connectivity index (χ2n) is 11.9. The minimum absolute atomic E-state index is 0.437. The lowest BCUT2D eigenvalue weighted by Gasteiger charge is -2.49. The van der Waals surface area contributed by atoms with E-state index in [2.05, 4.69) is 72.7 Å². The van der Waals surface area contributed by atoms with Gasteiger partial charge in [0.25, 0.3) is 0 Å². The summed E-state index contributed by atoms with van der Waals surface area (Å²) in [6.45, 7) is 23.8. The van der Waals surface area contributed by atoms with Crippen LogP contribution in [0.15, 0.2) is 11.6 Å². The van der Waals surface area contributed by atoms with Gasteiger partial charge < -0.3 is 8.23 Å². The first-order chi connectivity index (χ1) is 12.1. The van der Waals surface area contributed by atoms with E-state index in [9.17, 15) is 0 Å². The molecule has 5 heteroatoms. The molecule has 4 unspecified atom stereocenters. The van der Waals surface area contributed by atoms with Crippen LogP contribution in [0.3, 0.4) is 0 Å². The summed E-state index contributed by atoms with van der Waals surface area (Å²) in [6.07, 6.45) is 9.28. The first-order valence-electron chi connectivity index (χ1n) is 11.2. The Morgan fingerprint density at radius 3 is 2.11 bits per heavy atom. The van der Waals surface area contributed by atoms with E-state index in [4.69, 9.17) is 8.23 Å². The standard InChI is InChI=1S/C22H46O2Si3/c1-18(17-27(10,23-25(4,5)6)24-26(7,8)9)20-14-15-21-13-11-12-19(2)22(21,3)16-20/h13,18-20H,11-12,14-17H2,1-10H3. The molecule has 0 heterocycles. The number of hydrogen-bond acceptors (Lipinski definition) is 2. The lowest BCUT2D eigenvalue weighted by molar-refractivity contribution is 0.114. The van der Waals surface area contributed by atoms with Gasteiger partial charge >= 0.3 is 8.56 Å². The molecular formula is C22H46O2Si3. The maximum Gasteiger partial charge on any atom is 0.314 e. The molecule has 0 amide bonds. The van der Waals surface area contributed by atoms with Crippen molar-refractivity contribution in [3.63, 3.8) is 0 Å². The fourth-order valence-electron chi connectivity index (χ4n) is 5.72. The maximum atomic E-state index is 6.79. The largest absolute Gasteiger partial charge is 0.437 e. The van der Waals surface area contributed by atoms with Crippen LogP contribution in [0.4, 0.5) is 0 Å². The summed E-state index contributed by atoms with van der Waals surface area (Å²) >= 11 is 0. The molecule has 0 N–H and O–H groups in total. The Bertz CT molecular complexity index is 531. The van der Waals surface area contributed by atoms with Crippen molar-refractivity contribution in [1.29, 1.82) is 0 Å². The summed E-state index contributed by atoms with van der Waals surface area (Å²) < 4.78 is 13.6. The van der Waals surface area contributed by atoms with E-state index in [1.807, 2.05) is 0 Å². The highest BCUT2D eigenvalue weighted by Gasteiger charge is 2.46. The van der Waals surface area contributed by atoms with Crippen molar-refractivity contribution in [1.82, 2.24) is 0 Å². The van der Waals surface area contributed by atoms with Gasteiger partial charge in [0, 0.05) is 0 Å². The summed E-state index contributed by atoms with van der Waals surface area (Å²) in [5.74, 6) is 2.34. The molecular weight excluding hydrogens is 380 g/mol. The Hall–Kier alpha value is 0.311. The Morgan fingerprint density at radius 2 is 1.59 bits per heavy atom. The molecule has 1 saturated carbocycles. The second kappa shape index (κ2) is 8.21. The topological polar surface area (TPSA) is 18.5 Å². The molecule has 0 aromatic carbocycles. The lowest BCUT2D eigenvalue weighted by atomic mass is 9.57. The van der Waals surface area contributed by atoms with Crippen LogP contribution >= 0.6 is 0 Å². The normalized spacial score (nSPS) is 31.3. The predicted octanol–water partition coefficient (Wildman–Crippen LogP) is 7.56. The van der Waals surface area contributed by atoms with Gasteiger partial charge in [-0.2, -0.15) is 0 Å². The fourth-order valence-corrected chi connectivity index (χ4v) is 18.8. The van der Waals surface area contributed by atoms with Crippen molar-refractivity contribution in [2.45, 2.75) is 105 Å². The molecule has 1 fully saturated rings. The van der Waals surface area contributed by atoms with E-state index in [0.717, 1.165) is 17.9 Å². The molecule has 2 aliphatic rings. The molecule has 0 aromatic heterocycles. The van der Waals surface area contributed by atoms with Crippen LogP contribution in [-0.4, -0.2) is 25.2 Å². The smallest absolute Gasteiger partial charge is 0.314 e.